The molecule has 2 rings (SSSR count). The summed E-state index contributed by atoms with van der Waals surface area (Å²) in [5.41, 5.74) is 1.08. The molecule has 0 aliphatic carbocycles. The Balaban J connectivity index is 2.35. The second-order valence-electron chi connectivity index (χ2n) is 4.06. The van der Waals surface area contributed by atoms with Gasteiger partial charge in [-0.1, -0.05) is 17.7 Å². The van der Waals surface area contributed by atoms with Crippen molar-refractivity contribution < 1.29 is 9.84 Å². The molecule has 16 heavy (non-hydrogen) atoms. The van der Waals surface area contributed by atoms with Crippen LogP contribution in [-0.4, -0.2) is 25.3 Å². The van der Waals surface area contributed by atoms with Crippen LogP contribution in [0.3, 0.4) is 0 Å². The largest absolute Gasteiger partial charge is 0.506 e. The molecule has 1 aliphatic heterocycles. The fraction of sp³-hybridized carbons (Fsp3) is 0.500. The van der Waals surface area contributed by atoms with Gasteiger partial charge in [-0.25, -0.2) is 0 Å². The van der Waals surface area contributed by atoms with Crippen LogP contribution in [0, 0.1) is 0 Å². The molecule has 0 spiro atoms. The molecule has 1 unspecified atom stereocenters. The lowest BCUT2D eigenvalue weighted by Gasteiger charge is -2.25. The van der Waals surface area contributed by atoms with Crippen LogP contribution in [0.15, 0.2) is 12.1 Å². The molecule has 2 N–H and O–H groups in total. The molecule has 1 aromatic rings. The summed E-state index contributed by atoms with van der Waals surface area (Å²) in [5.74, 6) is 1.10. The summed E-state index contributed by atoms with van der Waals surface area (Å²) in [6, 6.07) is 3.53. The first-order valence-corrected chi connectivity index (χ1v) is 5.88. The number of phenols is 1. The highest BCUT2D eigenvalue weighted by molar-refractivity contribution is 6.33. The minimum absolute atomic E-state index is 0.0750. The van der Waals surface area contributed by atoms with Crippen molar-refractivity contribution in [1.29, 1.82) is 0 Å². The van der Waals surface area contributed by atoms with Gasteiger partial charge in [0.25, 0.3) is 0 Å². The van der Waals surface area contributed by atoms with E-state index in [2.05, 4.69) is 5.32 Å². The smallest absolute Gasteiger partial charge is 0.144 e. The van der Waals surface area contributed by atoms with Crippen molar-refractivity contribution in [3.05, 3.63) is 22.7 Å². The Morgan fingerprint density at radius 1 is 1.50 bits per heavy atom. The van der Waals surface area contributed by atoms with Crippen LogP contribution in [0.5, 0.6) is 11.5 Å². The lowest BCUT2D eigenvalue weighted by Crippen LogP contribution is -2.28. The predicted molar refractivity (Wildman–Crippen MR) is 64.5 cm³/mol. The summed E-state index contributed by atoms with van der Waals surface area (Å²) >= 11 is 6.02. The third-order valence-corrected chi connectivity index (χ3v) is 3.41. The molecule has 1 aromatic carbocycles. The van der Waals surface area contributed by atoms with E-state index in [4.69, 9.17) is 16.3 Å². The number of benzene rings is 1. The van der Waals surface area contributed by atoms with Crippen LogP contribution >= 0.6 is 11.6 Å². The highest BCUT2D eigenvalue weighted by atomic mass is 35.5. The molecule has 1 aliphatic rings. The minimum Gasteiger partial charge on any atom is -0.506 e. The van der Waals surface area contributed by atoms with Gasteiger partial charge in [0.2, 0.25) is 0 Å². The average Bonchev–Trinajstić information content (AvgIpc) is 2.33. The fourth-order valence-corrected chi connectivity index (χ4v) is 2.46. The number of ether oxygens (including phenoxy) is 1. The van der Waals surface area contributed by atoms with Crippen molar-refractivity contribution in [3.63, 3.8) is 0 Å². The topological polar surface area (TPSA) is 41.5 Å². The molecule has 88 valence electrons. The fourth-order valence-electron chi connectivity index (χ4n) is 2.21. The lowest BCUT2D eigenvalue weighted by molar-refractivity contribution is 0.387. The van der Waals surface area contributed by atoms with E-state index in [-0.39, 0.29) is 5.75 Å². The Hall–Kier alpha value is -0.930. The van der Waals surface area contributed by atoms with Crippen molar-refractivity contribution in [1.82, 2.24) is 5.32 Å². The van der Waals surface area contributed by atoms with E-state index in [1.54, 1.807) is 13.2 Å². The lowest BCUT2D eigenvalue weighted by atomic mass is 9.91. The zero-order valence-corrected chi connectivity index (χ0v) is 10.0. The maximum Gasteiger partial charge on any atom is 0.144 e. The number of halogens is 1. The summed E-state index contributed by atoms with van der Waals surface area (Å²) < 4.78 is 5.29. The SMILES string of the molecule is COc1c(C2CCCNC2)ccc(O)c1Cl. The monoisotopic (exact) mass is 241 g/mol. The zero-order valence-electron chi connectivity index (χ0n) is 9.29. The Morgan fingerprint density at radius 3 is 2.94 bits per heavy atom. The first kappa shape index (κ1) is 11.6. The van der Waals surface area contributed by atoms with Gasteiger partial charge in [-0.05, 0) is 25.5 Å². The van der Waals surface area contributed by atoms with E-state index in [1.165, 1.54) is 0 Å². The number of nitrogens with one attached hydrogen (secondary N) is 1. The van der Waals surface area contributed by atoms with E-state index < -0.39 is 0 Å². The van der Waals surface area contributed by atoms with Crippen LogP contribution in [0.4, 0.5) is 0 Å². The number of aromatic hydroxyl groups is 1. The Kier molecular flexibility index (Phi) is 3.56. The van der Waals surface area contributed by atoms with E-state index in [0.717, 1.165) is 31.5 Å². The summed E-state index contributed by atoms with van der Waals surface area (Å²) in [6.45, 7) is 2.02. The van der Waals surface area contributed by atoms with E-state index in [1.807, 2.05) is 6.07 Å². The Labute approximate surface area is 100 Å². The Bertz CT molecular complexity index is 376. The first-order valence-electron chi connectivity index (χ1n) is 5.50. The quantitative estimate of drug-likeness (QED) is 0.836. The van der Waals surface area contributed by atoms with Crippen LogP contribution in [0.1, 0.15) is 24.3 Å². The molecule has 1 fully saturated rings. The van der Waals surface area contributed by atoms with Crippen molar-refractivity contribution in [3.8, 4) is 11.5 Å². The van der Waals surface area contributed by atoms with Gasteiger partial charge < -0.3 is 15.2 Å². The summed E-state index contributed by atoms with van der Waals surface area (Å²) in [7, 11) is 1.58. The van der Waals surface area contributed by atoms with E-state index >= 15 is 0 Å². The van der Waals surface area contributed by atoms with Gasteiger partial charge in [-0.3, -0.25) is 0 Å². The summed E-state index contributed by atoms with van der Waals surface area (Å²) in [5, 5.41) is 13.2. The van der Waals surface area contributed by atoms with Gasteiger partial charge in [-0.15, -0.1) is 0 Å². The van der Waals surface area contributed by atoms with Crippen LogP contribution in [-0.2, 0) is 0 Å². The molecule has 3 nitrogen and oxygen atoms in total. The highest BCUT2D eigenvalue weighted by Crippen LogP contribution is 2.40. The van der Waals surface area contributed by atoms with Crippen LogP contribution < -0.4 is 10.1 Å². The molecule has 1 saturated heterocycles. The van der Waals surface area contributed by atoms with Crippen molar-refractivity contribution >= 4 is 11.6 Å². The zero-order chi connectivity index (χ0) is 11.5. The van der Waals surface area contributed by atoms with Gasteiger partial charge in [-0.2, -0.15) is 0 Å². The van der Waals surface area contributed by atoms with E-state index in [9.17, 15) is 5.11 Å². The molecule has 4 heteroatoms. The summed E-state index contributed by atoms with van der Waals surface area (Å²) in [6.07, 6.45) is 2.29. The molecule has 0 saturated carbocycles. The molecule has 0 aromatic heterocycles. The van der Waals surface area contributed by atoms with Crippen LogP contribution in [0.25, 0.3) is 0 Å². The van der Waals surface area contributed by atoms with Crippen molar-refractivity contribution in [2.24, 2.45) is 0 Å². The molecule has 1 atom stereocenters. The third-order valence-electron chi connectivity index (χ3n) is 3.05. The first-order chi connectivity index (χ1) is 7.74. The number of methoxy groups -OCH3 is 1. The highest BCUT2D eigenvalue weighted by Gasteiger charge is 2.21. The van der Waals surface area contributed by atoms with Gasteiger partial charge in [0.05, 0.1) is 7.11 Å². The maximum atomic E-state index is 9.53. The van der Waals surface area contributed by atoms with Crippen molar-refractivity contribution in [2.45, 2.75) is 18.8 Å². The number of hydrogen-bond donors (Lipinski definition) is 2. The maximum absolute atomic E-state index is 9.53. The average molecular weight is 242 g/mol. The Morgan fingerprint density at radius 2 is 2.31 bits per heavy atom. The van der Waals surface area contributed by atoms with Crippen LogP contribution in [0.2, 0.25) is 5.02 Å². The number of phenolic OH excluding ortho intramolecular Hbond substituents is 1. The molecular weight excluding hydrogens is 226 g/mol. The van der Waals surface area contributed by atoms with Gasteiger partial charge in [0.1, 0.15) is 16.5 Å². The second kappa shape index (κ2) is 4.93. The molecule has 0 amide bonds. The standard InChI is InChI=1S/C12H16ClNO2/c1-16-12-9(4-5-10(15)11(12)13)8-3-2-6-14-7-8/h4-5,8,14-15H,2-3,6-7H2,1H3. The van der Waals surface area contributed by atoms with Crippen molar-refractivity contribution in [2.75, 3.05) is 20.2 Å². The summed E-state index contributed by atoms with van der Waals surface area (Å²) in [4.78, 5) is 0. The normalized spacial score (nSPS) is 20.8. The second-order valence-corrected chi connectivity index (χ2v) is 4.44. The van der Waals surface area contributed by atoms with E-state index in [0.29, 0.717) is 16.7 Å². The number of hydrogen-bond acceptors (Lipinski definition) is 3. The number of rotatable bonds is 2. The molecule has 1 heterocycles. The van der Waals surface area contributed by atoms with Gasteiger partial charge >= 0.3 is 0 Å². The number of piperidine rings is 1. The predicted octanol–water partition coefficient (Wildman–Crippen LogP) is 2.52. The molecule has 0 radical (unpaired) electrons. The molecule has 0 bridgehead atoms. The van der Waals surface area contributed by atoms with Gasteiger partial charge in [0, 0.05) is 18.0 Å². The molecular formula is C12H16ClNO2. The third kappa shape index (κ3) is 2.11. The minimum atomic E-state index is 0.0750. The van der Waals surface area contributed by atoms with Gasteiger partial charge in [0.15, 0.2) is 0 Å².